The monoisotopic (exact) mass is 366 g/mol. The fourth-order valence-corrected chi connectivity index (χ4v) is 2.84. The van der Waals surface area contributed by atoms with Crippen LogP contribution in [-0.2, 0) is 9.59 Å². The molecule has 4 heteroatoms. The first kappa shape index (κ1) is 24.4. The summed E-state index contributed by atoms with van der Waals surface area (Å²) >= 11 is 0. The van der Waals surface area contributed by atoms with Crippen molar-refractivity contribution in [2.24, 2.45) is 0 Å². The van der Waals surface area contributed by atoms with Crippen molar-refractivity contribution in [2.45, 2.75) is 103 Å². The van der Waals surface area contributed by atoms with E-state index >= 15 is 0 Å². The van der Waals surface area contributed by atoms with Crippen LogP contribution in [0.2, 0.25) is 0 Å². The lowest BCUT2D eigenvalue weighted by atomic mass is 10.1. The van der Waals surface area contributed by atoms with E-state index in [1.54, 1.807) is 0 Å². The highest BCUT2D eigenvalue weighted by molar-refractivity contribution is 5.66. The molecule has 0 aromatic carbocycles. The van der Waals surface area contributed by atoms with Crippen molar-refractivity contribution in [3.63, 3.8) is 0 Å². The third-order valence-electron chi connectivity index (χ3n) is 4.41. The van der Waals surface area contributed by atoms with Gasteiger partial charge < -0.3 is 10.2 Å². The minimum atomic E-state index is -0.684. The second-order valence-corrected chi connectivity index (χ2v) is 6.96. The van der Waals surface area contributed by atoms with E-state index in [0.717, 1.165) is 51.4 Å². The number of carbonyl (C=O) groups is 2. The molecule has 0 radical (unpaired) electrons. The van der Waals surface area contributed by atoms with E-state index in [1.807, 2.05) is 0 Å². The first-order chi connectivity index (χ1) is 12.6. The highest BCUT2D eigenvalue weighted by atomic mass is 16.4. The Hall–Kier alpha value is -1.58. The lowest BCUT2D eigenvalue weighted by Crippen LogP contribution is -1.93. The van der Waals surface area contributed by atoms with Crippen LogP contribution in [0.3, 0.4) is 0 Å². The Morgan fingerprint density at radius 1 is 0.500 bits per heavy atom. The van der Waals surface area contributed by atoms with Crippen molar-refractivity contribution in [1.29, 1.82) is 0 Å². The summed E-state index contributed by atoms with van der Waals surface area (Å²) in [4.78, 5) is 20.7. The maximum absolute atomic E-state index is 10.4. The van der Waals surface area contributed by atoms with E-state index in [9.17, 15) is 9.59 Å². The average molecular weight is 367 g/mol. The zero-order valence-corrected chi connectivity index (χ0v) is 16.3. The summed E-state index contributed by atoms with van der Waals surface area (Å²) in [6, 6.07) is 0. The molecule has 0 bridgehead atoms. The van der Waals surface area contributed by atoms with Gasteiger partial charge in [-0.25, -0.2) is 0 Å². The molecule has 2 N–H and O–H groups in total. The summed E-state index contributed by atoms with van der Waals surface area (Å²) in [7, 11) is 0. The van der Waals surface area contributed by atoms with Crippen LogP contribution in [0.4, 0.5) is 0 Å². The predicted octanol–water partition coefficient (Wildman–Crippen LogP) is 6.51. The van der Waals surface area contributed by atoms with Crippen molar-refractivity contribution >= 4 is 11.9 Å². The van der Waals surface area contributed by atoms with Crippen LogP contribution in [-0.4, -0.2) is 22.2 Å². The molecule has 0 aliphatic carbocycles. The molecule has 0 atom stereocenters. The Bertz CT molecular complexity index is 361. The average Bonchev–Trinajstić information content (AvgIpc) is 2.59. The Labute approximate surface area is 159 Å². The predicted molar refractivity (Wildman–Crippen MR) is 107 cm³/mol. The number of rotatable bonds is 19. The second-order valence-electron chi connectivity index (χ2n) is 6.96. The molecule has 4 nitrogen and oxygen atoms in total. The van der Waals surface area contributed by atoms with Gasteiger partial charge in [0.2, 0.25) is 0 Å². The highest BCUT2D eigenvalue weighted by Gasteiger charge is 1.97. The second kappa shape index (κ2) is 19.7. The van der Waals surface area contributed by atoms with Crippen LogP contribution >= 0.6 is 0 Å². The van der Waals surface area contributed by atoms with E-state index in [0.29, 0.717) is 12.8 Å². The third-order valence-corrected chi connectivity index (χ3v) is 4.41. The molecule has 0 aromatic heterocycles. The Morgan fingerprint density at radius 3 is 1.15 bits per heavy atom. The van der Waals surface area contributed by atoms with Gasteiger partial charge in [0.1, 0.15) is 0 Å². The van der Waals surface area contributed by atoms with E-state index < -0.39 is 11.9 Å². The largest absolute Gasteiger partial charge is 0.481 e. The van der Waals surface area contributed by atoms with Gasteiger partial charge in [-0.3, -0.25) is 9.59 Å². The Balaban J connectivity index is 3.21. The smallest absolute Gasteiger partial charge is 0.303 e. The van der Waals surface area contributed by atoms with E-state index in [4.69, 9.17) is 10.2 Å². The lowest BCUT2D eigenvalue weighted by Gasteiger charge is -1.99. The van der Waals surface area contributed by atoms with Crippen molar-refractivity contribution in [1.82, 2.24) is 0 Å². The zero-order chi connectivity index (χ0) is 19.3. The van der Waals surface area contributed by atoms with Crippen LogP contribution in [0.25, 0.3) is 0 Å². The molecule has 0 amide bonds. The Kier molecular flexibility index (Phi) is 18.5. The van der Waals surface area contributed by atoms with Crippen molar-refractivity contribution in [3.8, 4) is 0 Å². The van der Waals surface area contributed by atoms with E-state index in [-0.39, 0.29) is 0 Å². The normalized spacial score (nSPS) is 11.5. The number of hydrogen-bond donors (Lipinski definition) is 2. The molecule has 0 saturated carbocycles. The zero-order valence-electron chi connectivity index (χ0n) is 16.3. The van der Waals surface area contributed by atoms with Gasteiger partial charge >= 0.3 is 11.9 Å². The minimum Gasteiger partial charge on any atom is -0.481 e. The molecular formula is C22H38O4. The third kappa shape index (κ3) is 22.4. The van der Waals surface area contributed by atoms with Crippen molar-refractivity contribution in [3.05, 3.63) is 24.3 Å². The van der Waals surface area contributed by atoms with Crippen LogP contribution in [0.5, 0.6) is 0 Å². The molecule has 0 fully saturated rings. The summed E-state index contributed by atoms with van der Waals surface area (Å²) in [5.41, 5.74) is 0. The molecule has 26 heavy (non-hydrogen) atoms. The summed E-state index contributed by atoms with van der Waals surface area (Å²) in [5, 5.41) is 17.1. The topological polar surface area (TPSA) is 74.6 Å². The number of carboxylic acids is 2. The van der Waals surface area contributed by atoms with Crippen LogP contribution in [0.1, 0.15) is 103 Å². The molecule has 0 heterocycles. The van der Waals surface area contributed by atoms with Gasteiger partial charge in [-0.1, -0.05) is 75.7 Å². The molecule has 150 valence electrons. The Morgan fingerprint density at radius 2 is 0.808 bits per heavy atom. The van der Waals surface area contributed by atoms with E-state index in [1.165, 1.54) is 38.5 Å². The summed E-state index contributed by atoms with van der Waals surface area (Å²) in [6.07, 6.45) is 24.9. The molecule has 0 spiro atoms. The molecule has 0 saturated heterocycles. The van der Waals surface area contributed by atoms with Gasteiger partial charge in [-0.05, 0) is 38.5 Å². The van der Waals surface area contributed by atoms with Gasteiger partial charge in [0.05, 0.1) is 0 Å². The quantitative estimate of drug-likeness (QED) is 0.202. The maximum Gasteiger partial charge on any atom is 0.303 e. The molecule has 0 unspecified atom stereocenters. The van der Waals surface area contributed by atoms with E-state index in [2.05, 4.69) is 24.3 Å². The lowest BCUT2D eigenvalue weighted by molar-refractivity contribution is -0.138. The summed E-state index contributed by atoms with van der Waals surface area (Å²) in [6.45, 7) is 0. The maximum atomic E-state index is 10.4. The fraction of sp³-hybridized carbons (Fsp3) is 0.727. The standard InChI is InChI=1S/C22H38O4/c23-21(24)19-17-15-13-11-9-7-5-3-1-2-4-6-8-10-12-14-16-18-20-22(25)26/h1-4H,5-20H2,(H,23,24)(H,25,26). The number of unbranched alkanes of at least 4 members (excludes halogenated alkanes) is 12. The number of carboxylic acid groups (broad SMARTS) is 2. The highest BCUT2D eigenvalue weighted by Crippen LogP contribution is 2.10. The van der Waals surface area contributed by atoms with Crippen molar-refractivity contribution < 1.29 is 19.8 Å². The van der Waals surface area contributed by atoms with Crippen LogP contribution in [0.15, 0.2) is 24.3 Å². The van der Waals surface area contributed by atoms with Gasteiger partial charge in [-0.15, -0.1) is 0 Å². The SMILES string of the molecule is O=C(O)CCCCCCCCC=CC=CCCCCCCCCC(=O)O. The van der Waals surface area contributed by atoms with Crippen LogP contribution in [0, 0.1) is 0 Å². The van der Waals surface area contributed by atoms with Gasteiger partial charge in [0, 0.05) is 12.8 Å². The number of hydrogen-bond acceptors (Lipinski definition) is 2. The molecule has 0 rings (SSSR count). The molecule has 0 aromatic rings. The van der Waals surface area contributed by atoms with Crippen LogP contribution < -0.4 is 0 Å². The molecule has 0 aliphatic rings. The summed E-state index contributed by atoms with van der Waals surface area (Å²) in [5.74, 6) is -1.37. The number of allylic oxidation sites excluding steroid dienone is 4. The van der Waals surface area contributed by atoms with Crippen molar-refractivity contribution in [2.75, 3.05) is 0 Å². The number of aliphatic carboxylic acids is 2. The summed E-state index contributed by atoms with van der Waals surface area (Å²) < 4.78 is 0. The van der Waals surface area contributed by atoms with Gasteiger partial charge in [0.25, 0.3) is 0 Å². The first-order valence-electron chi connectivity index (χ1n) is 10.4. The molecular weight excluding hydrogens is 328 g/mol. The first-order valence-corrected chi connectivity index (χ1v) is 10.4. The van der Waals surface area contributed by atoms with Gasteiger partial charge in [-0.2, -0.15) is 0 Å². The van der Waals surface area contributed by atoms with Gasteiger partial charge in [0.15, 0.2) is 0 Å². The fourth-order valence-electron chi connectivity index (χ4n) is 2.84. The molecule has 0 aliphatic heterocycles. The minimum absolute atomic E-state index is 0.307.